The summed E-state index contributed by atoms with van der Waals surface area (Å²) >= 11 is 0. The van der Waals surface area contributed by atoms with Gasteiger partial charge in [-0.05, 0) is 32.8 Å². The standard InChI is InChI=1S/C18H23NO4/c1-5-14-11-18(14,19-16(21)23-17(2,3)4)15(20)22-12-13-9-7-6-8-10-13/h5-10,14H,1,11-12H2,2-4H3,(H,19,21)/t14-,18-/m1/s1. The van der Waals surface area contributed by atoms with Gasteiger partial charge >= 0.3 is 12.1 Å². The Morgan fingerprint density at radius 2 is 2.00 bits per heavy atom. The highest BCUT2D eigenvalue weighted by atomic mass is 16.6. The van der Waals surface area contributed by atoms with E-state index in [9.17, 15) is 9.59 Å². The predicted octanol–water partition coefficient (Wildman–Crippen LogP) is 3.20. The Morgan fingerprint density at radius 3 is 2.52 bits per heavy atom. The second-order valence-electron chi connectivity index (χ2n) is 6.71. The number of carbonyl (C=O) groups excluding carboxylic acids is 2. The highest BCUT2D eigenvalue weighted by Gasteiger charge is 2.61. The Bertz CT molecular complexity index is 591. The zero-order chi connectivity index (χ0) is 17.1. The first-order chi connectivity index (χ1) is 10.8. The summed E-state index contributed by atoms with van der Waals surface area (Å²) in [5.41, 5.74) is -0.791. The molecule has 1 aliphatic rings. The van der Waals surface area contributed by atoms with Crippen LogP contribution in [0.5, 0.6) is 0 Å². The van der Waals surface area contributed by atoms with Crippen LogP contribution < -0.4 is 5.32 Å². The zero-order valence-corrected chi connectivity index (χ0v) is 13.8. The van der Waals surface area contributed by atoms with E-state index >= 15 is 0 Å². The largest absolute Gasteiger partial charge is 0.459 e. The summed E-state index contributed by atoms with van der Waals surface area (Å²) in [6.07, 6.45) is 1.50. The van der Waals surface area contributed by atoms with Gasteiger partial charge in [0.2, 0.25) is 0 Å². The number of carbonyl (C=O) groups is 2. The third kappa shape index (κ3) is 4.34. The van der Waals surface area contributed by atoms with E-state index in [4.69, 9.17) is 9.47 Å². The number of alkyl carbamates (subject to hydrolysis) is 1. The lowest BCUT2D eigenvalue weighted by molar-refractivity contribution is -0.149. The van der Waals surface area contributed by atoms with Gasteiger partial charge in [0, 0.05) is 5.92 Å². The van der Waals surface area contributed by atoms with E-state index in [1.165, 1.54) is 0 Å². The SMILES string of the molecule is C=C[C@@H]1C[C@]1(NC(=O)OC(C)(C)C)C(=O)OCc1ccccc1. The summed E-state index contributed by atoms with van der Waals surface area (Å²) in [5.74, 6) is -0.601. The third-order valence-corrected chi connectivity index (χ3v) is 3.60. The molecule has 0 bridgehead atoms. The van der Waals surface area contributed by atoms with Gasteiger partial charge in [0.05, 0.1) is 0 Å². The minimum Gasteiger partial charge on any atom is -0.459 e. The van der Waals surface area contributed by atoms with Crippen molar-refractivity contribution in [2.75, 3.05) is 0 Å². The molecule has 1 amide bonds. The second-order valence-corrected chi connectivity index (χ2v) is 6.71. The van der Waals surface area contributed by atoms with Crippen LogP contribution in [0.2, 0.25) is 0 Å². The first-order valence-corrected chi connectivity index (χ1v) is 7.62. The fourth-order valence-electron chi connectivity index (χ4n) is 2.34. The van der Waals surface area contributed by atoms with Crippen molar-refractivity contribution in [3.63, 3.8) is 0 Å². The number of amides is 1. The van der Waals surface area contributed by atoms with Crippen LogP contribution >= 0.6 is 0 Å². The number of benzene rings is 1. The van der Waals surface area contributed by atoms with Crippen molar-refractivity contribution >= 4 is 12.1 Å². The van der Waals surface area contributed by atoms with E-state index in [0.29, 0.717) is 6.42 Å². The molecular weight excluding hydrogens is 294 g/mol. The van der Waals surface area contributed by atoms with Crippen LogP contribution in [0.1, 0.15) is 32.8 Å². The summed E-state index contributed by atoms with van der Waals surface area (Å²) < 4.78 is 10.6. The molecule has 0 spiro atoms. The van der Waals surface area contributed by atoms with Gasteiger partial charge in [-0.2, -0.15) is 0 Å². The maximum absolute atomic E-state index is 12.4. The number of rotatable bonds is 5. The number of hydrogen-bond donors (Lipinski definition) is 1. The van der Waals surface area contributed by atoms with E-state index in [2.05, 4.69) is 11.9 Å². The first kappa shape index (κ1) is 17.1. The summed E-state index contributed by atoms with van der Waals surface area (Å²) in [6.45, 7) is 9.17. The summed E-state index contributed by atoms with van der Waals surface area (Å²) in [5, 5.41) is 2.65. The van der Waals surface area contributed by atoms with Crippen LogP contribution in [-0.2, 0) is 20.9 Å². The molecule has 1 aromatic rings. The lowest BCUT2D eigenvalue weighted by atomic mass is 10.2. The molecule has 0 radical (unpaired) electrons. The summed E-state index contributed by atoms with van der Waals surface area (Å²) in [6, 6.07) is 9.40. The molecule has 1 N–H and O–H groups in total. The van der Waals surface area contributed by atoms with Crippen molar-refractivity contribution in [3.8, 4) is 0 Å². The average Bonchev–Trinajstić information content (AvgIpc) is 3.18. The van der Waals surface area contributed by atoms with E-state index in [1.807, 2.05) is 30.3 Å². The maximum atomic E-state index is 12.4. The molecule has 0 saturated heterocycles. The lowest BCUT2D eigenvalue weighted by Crippen LogP contribution is -2.47. The molecule has 124 valence electrons. The molecule has 23 heavy (non-hydrogen) atoms. The van der Waals surface area contributed by atoms with Gasteiger partial charge in [0.15, 0.2) is 0 Å². The minimum absolute atomic E-state index is 0.140. The van der Waals surface area contributed by atoms with Crippen LogP contribution in [-0.4, -0.2) is 23.2 Å². The number of ether oxygens (including phenoxy) is 2. The maximum Gasteiger partial charge on any atom is 0.408 e. The van der Waals surface area contributed by atoms with Crippen molar-refractivity contribution < 1.29 is 19.1 Å². The second kappa shape index (κ2) is 6.44. The van der Waals surface area contributed by atoms with Crippen LogP contribution in [0.15, 0.2) is 43.0 Å². The molecule has 1 saturated carbocycles. The summed E-state index contributed by atoms with van der Waals surface area (Å²) in [4.78, 5) is 24.4. The van der Waals surface area contributed by atoms with Gasteiger partial charge in [-0.3, -0.25) is 0 Å². The Labute approximate surface area is 136 Å². The van der Waals surface area contributed by atoms with Crippen molar-refractivity contribution in [2.45, 2.75) is 44.9 Å². The molecule has 5 heteroatoms. The van der Waals surface area contributed by atoms with Crippen LogP contribution in [0.4, 0.5) is 4.79 Å². The molecule has 2 rings (SSSR count). The lowest BCUT2D eigenvalue weighted by Gasteiger charge is -2.23. The fourth-order valence-corrected chi connectivity index (χ4v) is 2.34. The van der Waals surface area contributed by atoms with Crippen LogP contribution in [0, 0.1) is 5.92 Å². The van der Waals surface area contributed by atoms with Gasteiger partial charge in [0.1, 0.15) is 17.7 Å². The van der Waals surface area contributed by atoms with Gasteiger partial charge in [-0.1, -0.05) is 36.4 Å². The minimum atomic E-state index is -1.06. The van der Waals surface area contributed by atoms with Crippen molar-refractivity contribution in [2.24, 2.45) is 5.92 Å². The van der Waals surface area contributed by atoms with Crippen molar-refractivity contribution in [1.82, 2.24) is 5.32 Å². The Morgan fingerprint density at radius 1 is 1.35 bits per heavy atom. The number of nitrogens with one attached hydrogen (secondary N) is 1. The smallest absolute Gasteiger partial charge is 0.408 e. The molecule has 0 aromatic heterocycles. The number of esters is 1. The van der Waals surface area contributed by atoms with Crippen molar-refractivity contribution in [3.05, 3.63) is 48.6 Å². The van der Waals surface area contributed by atoms with E-state index in [0.717, 1.165) is 5.56 Å². The molecule has 0 aliphatic heterocycles. The monoisotopic (exact) mass is 317 g/mol. The predicted molar refractivity (Wildman–Crippen MR) is 86.6 cm³/mol. The molecule has 1 aliphatic carbocycles. The molecular formula is C18H23NO4. The number of hydrogen-bond acceptors (Lipinski definition) is 4. The quantitative estimate of drug-likeness (QED) is 0.669. The molecule has 0 unspecified atom stereocenters. The molecule has 1 aromatic carbocycles. The topological polar surface area (TPSA) is 64.6 Å². The van der Waals surface area contributed by atoms with Gasteiger partial charge < -0.3 is 14.8 Å². The van der Waals surface area contributed by atoms with Gasteiger partial charge in [-0.25, -0.2) is 9.59 Å². The van der Waals surface area contributed by atoms with E-state index in [-0.39, 0.29) is 12.5 Å². The third-order valence-electron chi connectivity index (χ3n) is 3.60. The fraction of sp³-hybridized carbons (Fsp3) is 0.444. The molecule has 2 atom stereocenters. The Kier molecular flexibility index (Phi) is 4.78. The summed E-state index contributed by atoms with van der Waals surface area (Å²) in [7, 11) is 0. The van der Waals surface area contributed by atoms with Gasteiger partial charge in [-0.15, -0.1) is 6.58 Å². The molecule has 0 heterocycles. The first-order valence-electron chi connectivity index (χ1n) is 7.62. The molecule has 5 nitrogen and oxygen atoms in total. The van der Waals surface area contributed by atoms with Crippen molar-refractivity contribution in [1.29, 1.82) is 0 Å². The van der Waals surface area contributed by atoms with Crippen LogP contribution in [0.3, 0.4) is 0 Å². The Balaban J connectivity index is 1.98. The van der Waals surface area contributed by atoms with Crippen LogP contribution in [0.25, 0.3) is 0 Å². The van der Waals surface area contributed by atoms with Gasteiger partial charge in [0.25, 0.3) is 0 Å². The normalized spacial score (nSPS) is 22.8. The average molecular weight is 317 g/mol. The zero-order valence-electron chi connectivity index (χ0n) is 13.8. The van der Waals surface area contributed by atoms with E-state index < -0.39 is 23.2 Å². The Hall–Kier alpha value is -2.30. The molecule has 1 fully saturated rings. The van der Waals surface area contributed by atoms with E-state index in [1.54, 1.807) is 26.8 Å². The highest BCUT2D eigenvalue weighted by Crippen LogP contribution is 2.45. The highest BCUT2D eigenvalue weighted by molar-refractivity contribution is 5.90.